The molecule has 0 saturated heterocycles. The molecule has 1 aromatic heterocycles. The molecule has 92 valence electrons. The first-order chi connectivity index (χ1) is 7.74. The summed E-state index contributed by atoms with van der Waals surface area (Å²) in [6.45, 7) is 11.0. The average Bonchev–Trinajstić information content (AvgIpc) is 2.69. The maximum absolute atomic E-state index is 5.59. The van der Waals surface area contributed by atoms with E-state index >= 15 is 0 Å². The van der Waals surface area contributed by atoms with Crippen molar-refractivity contribution in [2.75, 3.05) is 19.8 Å². The monoisotopic (exact) mass is 224 g/mol. The van der Waals surface area contributed by atoms with Gasteiger partial charge in [-0.2, -0.15) is 0 Å². The summed E-state index contributed by atoms with van der Waals surface area (Å²) in [4.78, 5) is 0. The zero-order valence-corrected chi connectivity index (χ0v) is 10.7. The van der Waals surface area contributed by atoms with Crippen molar-refractivity contribution >= 4 is 0 Å². The number of hydrogen-bond donors (Lipinski definition) is 1. The van der Waals surface area contributed by atoms with Crippen molar-refractivity contribution < 1.29 is 4.74 Å². The average molecular weight is 224 g/mol. The summed E-state index contributed by atoms with van der Waals surface area (Å²) in [5.74, 6) is 0.617. The van der Waals surface area contributed by atoms with Crippen LogP contribution in [-0.4, -0.2) is 24.3 Å². The van der Waals surface area contributed by atoms with Crippen LogP contribution in [0.5, 0.6) is 0 Å². The smallest absolute Gasteiger partial charge is 0.0645 e. The van der Waals surface area contributed by atoms with Crippen LogP contribution in [-0.2, 0) is 17.8 Å². The van der Waals surface area contributed by atoms with E-state index in [0.717, 1.165) is 32.8 Å². The zero-order valence-electron chi connectivity index (χ0n) is 10.7. The second-order valence-corrected chi connectivity index (χ2v) is 4.44. The van der Waals surface area contributed by atoms with E-state index in [9.17, 15) is 0 Å². The third kappa shape index (κ3) is 4.81. The van der Waals surface area contributed by atoms with Gasteiger partial charge in [0.05, 0.1) is 6.61 Å². The minimum Gasteiger partial charge on any atom is -0.379 e. The molecule has 0 aliphatic heterocycles. The minimum absolute atomic E-state index is 0.617. The Kier molecular flexibility index (Phi) is 6.19. The highest BCUT2D eigenvalue weighted by Crippen LogP contribution is 2.02. The molecule has 1 aromatic rings. The molecule has 0 amide bonds. The van der Waals surface area contributed by atoms with Crippen molar-refractivity contribution in [2.24, 2.45) is 5.92 Å². The molecule has 0 atom stereocenters. The van der Waals surface area contributed by atoms with Gasteiger partial charge in [-0.15, -0.1) is 0 Å². The Morgan fingerprint density at radius 2 is 2.25 bits per heavy atom. The molecule has 0 unspecified atom stereocenters. The number of ether oxygens (including phenoxy) is 1. The fourth-order valence-electron chi connectivity index (χ4n) is 1.56. The van der Waals surface area contributed by atoms with E-state index in [1.54, 1.807) is 0 Å². The van der Waals surface area contributed by atoms with Gasteiger partial charge in [0.2, 0.25) is 0 Å². The first-order valence-electron chi connectivity index (χ1n) is 6.16. The second-order valence-electron chi connectivity index (χ2n) is 4.44. The molecule has 0 aliphatic rings. The highest BCUT2D eigenvalue weighted by atomic mass is 16.5. The summed E-state index contributed by atoms with van der Waals surface area (Å²) in [5, 5.41) is 3.34. The third-order valence-corrected chi connectivity index (χ3v) is 2.41. The fraction of sp³-hybridized carbons (Fsp3) is 0.692. The topological polar surface area (TPSA) is 26.2 Å². The first-order valence-corrected chi connectivity index (χ1v) is 6.16. The lowest BCUT2D eigenvalue weighted by atomic mass is 10.2. The number of nitrogens with one attached hydrogen (secondary N) is 1. The number of aromatic nitrogens is 1. The molecule has 3 heteroatoms. The lowest BCUT2D eigenvalue weighted by molar-refractivity contribution is 0.103. The first kappa shape index (κ1) is 13.3. The van der Waals surface area contributed by atoms with Crippen LogP contribution in [0.3, 0.4) is 0 Å². The molecule has 16 heavy (non-hydrogen) atoms. The van der Waals surface area contributed by atoms with Crippen molar-refractivity contribution in [2.45, 2.75) is 33.9 Å². The Morgan fingerprint density at radius 3 is 2.94 bits per heavy atom. The molecule has 3 nitrogen and oxygen atoms in total. The molecule has 0 aliphatic carbocycles. The zero-order chi connectivity index (χ0) is 11.8. The highest BCUT2D eigenvalue weighted by molar-refractivity contribution is 5.06. The van der Waals surface area contributed by atoms with E-state index < -0.39 is 0 Å². The van der Waals surface area contributed by atoms with Crippen LogP contribution in [0.2, 0.25) is 0 Å². The van der Waals surface area contributed by atoms with Crippen molar-refractivity contribution in [1.82, 2.24) is 9.88 Å². The molecule has 1 N–H and O–H groups in total. The van der Waals surface area contributed by atoms with Gasteiger partial charge in [-0.25, -0.2) is 0 Å². The molecule has 0 spiro atoms. The van der Waals surface area contributed by atoms with E-state index in [1.165, 1.54) is 5.69 Å². The molecule has 1 rings (SSSR count). The van der Waals surface area contributed by atoms with Crippen LogP contribution in [0, 0.1) is 5.92 Å². The van der Waals surface area contributed by atoms with Crippen molar-refractivity contribution in [3.05, 3.63) is 24.0 Å². The predicted octanol–water partition coefficient (Wildman–Crippen LogP) is 2.27. The number of rotatable bonds is 8. The molecule has 0 aromatic carbocycles. The summed E-state index contributed by atoms with van der Waals surface area (Å²) < 4.78 is 7.84. The standard InChI is InChI=1S/C13H24N2O/c1-4-14-10-13-6-5-7-15(13)8-9-16-11-12(2)3/h5-7,12,14H,4,8-11H2,1-3H3. The minimum atomic E-state index is 0.617. The number of nitrogens with zero attached hydrogens (tertiary/aromatic N) is 1. The molecule has 0 bridgehead atoms. The Morgan fingerprint density at radius 1 is 1.44 bits per heavy atom. The van der Waals surface area contributed by atoms with Crippen molar-refractivity contribution in [3.8, 4) is 0 Å². The lowest BCUT2D eigenvalue weighted by Crippen LogP contribution is -2.17. The van der Waals surface area contributed by atoms with Crippen LogP contribution in [0.15, 0.2) is 18.3 Å². The van der Waals surface area contributed by atoms with Gasteiger partial charge in [-0.3, -0.25) is 0 Å². The molecular weight excluding hydrogens is 200 g/mol. The Hall–Kier alpha value is -0.800. The van der Waals surface area contributed by atoms with Gasteiger partial charge in [-0.1, -0.05) is 20.8 Å². The van der Waals surface area contributed by atoms with Gasteiger partial charge in [-0.05, 0) is 24.6 Å². The summed E-state index contributed by atoms with van der Waals surface area (Å²) in [6.07, 6.45) is 2.12. The maximum atomic E-state index is 5.59. The Balaban J connectivity index is 2.27. The number of hydrogen-bond acceptors (Lipinski definition) is 2. The van der Waals surface area contributed by atoms with Crippen LogP contribution < -0.4 is 5.32 Å². The van der Waals surface area contributed by atoms with E-state index in [1.807, 2.05) is 0 Å². The highest BCUT2D eigenvalue weighted by Gasteiger charge is 2.00. The van der Waals surface area contributed by atoms with Gasteiger partial charge < -0.3 is 14.6 Å². The fourth-order valence-corrected chi connectivity index (χ4v) is 1.56. The normalized spacial score (nSPS) is 11.2. The van der Waals surface area contributed by atoms with Crippen LogP contribution in [0.4, 0.5) is 0 Å². The van der Waals surface area contributed by atoms with Gasteiger partial charge in [0.15, 0.2) is 0 Å². The summed E-state index contributed by atoms with van der Waals surface area (Å²) >= 11 is 0. The quantitative estimate of drug-likeness (QED) is 0.686. The Labute approximate surface area is 98.8 Å². The third-order valence-electron chi connectivity index (χ3n) is 2.41. The largest absolute Gasteiger partial charge is 0.379 e. The van der Waals surface area contributed by atoms with Crippen LogP contribution >= 0.6 is 0 Å². The summed E-state index contributed by atoms with van der Waals surface area (Å²) in [6, 6.07) is 4.25. The van der Waals surface area contributed by atoms with E-state index in [2.05, 4.69) is 49.0 Å². The molecule has 0 fully saturated rings. The van der Waals surface area contributed by atoms with Crippen molar-refractivity contribution in [3.63, 3.8) is 0 Å². The molecule has 1 heterocycles. The second kappa shape index (κ2) is 7.47. The van der Waals surface area contributed by atoms with E-state index in [-0.39, 0.29) is 0 Å². The van der Waals surface area contributed by atoms with Gasteiger partial charge in [0.25, 0.3) is 0 Å². The van der Waals surface area contributed by atoms with Gasteiger partial charge in [0.1, 0.15) is 0 Å². The SMILES string of the molecule is CCNCc1cccn1CCOCC(C)C. The predicted molar refractivity (Wildman–Crippen MR) is 67.5 cm³/mol. The molecular formula is C13H24N2O. The van der Waals surface area contributed by atoms with E-state index in [4.69, 9.17) is 4.74 Å². The Bertz CT molecular complexity index is 281. The molecule has 0 radical (unpaired) electrons. The van der Waals surface area contributed by atoms with Crippen molar-refractivity contribution in [1.29, 1.82) is 0 Å². The van der Waals surface area contributed by atoms with Crippen LogP contribution in [0.1, 0.15) is 26.5 Å². The van der Waals surface area contributed by atoms with E-state index in [0.29, 0.717) is 5.92 Å². The van der Waals surface area contributed by atoms with Gasteiger partial charge in [0, 0.05) is 31.6 Å². The van der Waals surface area contributed by atoms with Gasteiger partial charge >= 0.3 is 0 Å². The summed E-state index contributed by atoms with van der Waals surface area (Å²) in [7, 11) is 0. The maximum Gasteiger partial charge on any atom is 0.0645 e. The molecule has 0 saturated carbocycles. The summed E-state index contributed by atoms with van der Waals surface area (Å²) in [5.41, 5.74) is 1.33. The lowest BCUT2D eigenvalue weighted by Gasteiger charge is -2.11. The van der Waals surface area contributed by atoms with Crippen LogP contribution in [0.25, 0.3) is 0 Å².